The van der Waals surface area contributed by atoms with E-state index in [1.165, 1.54) is 5.57 Å². The van der Waals surface area contributed by atoms with Gasteiger partial charge in [-0.3, -0.25) is 0 Å². The summed E-state index contributed by atoms with van der Waals surface area (Å²) in [4.78, 5) is 3.84. The van der Waals surface area contributed by atoms with Gasteiger partial charge >= 0.3 is 0 Å². The first-order valence-electron chi connectivity index (χ1n) is 12.6. The van der Waals surface area contributed by atoms with Crippen LogP contribution in [0.2, 0.25) is 0 Å². The van der Waals surface area contributed by atoms with Crippen molar-refractivity contribution in [3.05, 3.63) is 69.8 Å². The molecule has 6 heteroatoms. The number of rotatable bonds is 4. The largest absolute Gasteiger partial charge is 0.501 e. The van der Waals surface area contributed by atoms with Gasteiger partial charge in [0.05, 0.1) is 31.4 Å². The molecule has 5 nitrogen and oxygen atoms in total. The minimum absolute atomic E-state index is 0.0466. The van der Waals surface area contributed by atoms with Gasteiger partial charge in [-0.15, -0.1) is 0 Å². The number of sulfone groups is 1. The van der Waals surface area contributed by atoms with Gasteiger partial charge < -0.3 is 9.47 Å². The maximum atomic E-state index is 13.6. The molecular formula is C29H35NO4S. The molecule has 5 rings (SSSR count). The van der Waals surface area contributed by atoms with Crippen LogP contribution in [0.15, 0.2) is 63.2 Å². The summed E-state index contributed by atoms with van der Waals surface area (Å²) in [5.41, 5.74) is 2.18. The third kappa shape index (κ3) is 3.57. The van der Waals surface area contributed by atoms with E-state index in [9.17, 15) is 8.42 Å². The van der Waals surface area contributed by atoms with Crippen LogP contribution in [0, 0.1) is 35.2 Å². The summed E-state index contributed by atoms with van der Waals surface area (Å²) >= 11 is 0. The SMILES string of the molecule is [C-]#[N+]C(=C1CC[C@H]2[C@@H]3CC=C4C=C(OC)CC[C@]4(C)[C@H]3CC[C@]12C)S(=O)(=O)c1ccc(OC)cc1. The van der Waals surface area contributed by atoms with Crippen LogP contribution < -0.4 is 4.74 Å². The van der Waals surface area contributed by atoms with Crippen molar-refractivity contribution in [3.63, 3.8) is 0 Å². The molecule has 0 aliphatic heterocycles. The second-order valence-electron chi connectivity index (χ2n) is 11.1. The number of methoxy groups -OCH3 is 2. The predicted octanol–water partition coefficient (Wildman–Crippen LogP) is 6.70. The van der Waals surface area contributed by atoms with E-state index in [0.29, 0.717) is 29.9 Å². The zero-order chi connectivity index (χ0) is 25.0. The first-order valence-corrected chi connectivity index (χ1v) is 14.1. The lowest BCUT2D eigenvalue weighted by Crippen LogP contribution is -2.48. The van der Waals surface area contributed by atoms with Crippen LogP contribution in [0.1, 0.15) is 58.8 Å². The molecule has 0 aromatic heterocycles. The number of hydrogen-bond donors (Lipinski definition) is 0. The fourth-order valence-electron chi connectivity index (χ4n) is 7.78. The van der Waals surface area contributed by atoms with Gasteiger partial charge in [0, 0.05) is 6.42 Å². The Morgan fingerprint density at radius 2 is 1.71 bits per heavy atom. The van der Waals surface area contributed by atoms with Crippen LogP contribution in [0.5, 0.6) is 5.75 Å². The van der Waals surface area contributed by atoms with Crippen molar-refractivity contribution in [3.8, 4) is 5.75 Å². The number of allylic oxidation sites excluding steroid dienone is 5. The molecule has 2 fully saturated rings. The fourth-order valence-corrected chi connectivity index (χ4v) is 9.28. The number of hydrogen-bond acceptors (Lipinski definition) is 4. The van der Waals surface area contributed by atoms with E-state index in [-0.39, 0.29) is 20.8 Å². The average Bonchev–Trinajstić information content (AvgIpc) is 3.20. The highest BCUT2D eigenvalue weighted by molar-refractivity contribution is 7.95. The zero-order valence-electron chi connectivity index (χ0n) is 21.1. The fraction of sp³-hybridized carbons (Fsp3) is 0.552. The van der Waals surface area contributed by atoms with E-state index in [4.69, 9.17) is 16.0 Å². The molecule has 2 saturated carbocycles. The molecule has 0 N–H and O–H groups in total. The summed E-state index contributed by atoms with van der Waals surface area (Å²) in [6, 6.07) is 6.38. The van der Waals surface area contributed by atoms with Crippen molar-refractivity contribution in [2.75, 3.05) is 14.2 Å². The van der Waals surface area contributed by atoms with Crippen molar-refractivity contribution in [2.24, 2.45) is 28.6 Å². The van der Waals surface area contributed by atoms with E-state index in [0.717, 1.165) is 49.9 Å². The molecule has 5 atom stereocenters. The third-order valence-corrected chi connectivity index (χ3v) is 11.5. The van der Waals surface area contributed by atoms with Gasteiger partial charge in [0.25, 0.3) is 5.03 Å². The number of nitrogens with zero attached hydrogens (tertiary/aromatic N) is 1. The minimum Gasteiger partial charge on any atom is -0.501 e. The van der Waals surface area contributed by atoms with Gasteiger partial charge in [-0.1, -0.05) is 19.9 Å². The molecule has 4 aliphatic carbocycles. The normalized spacial score (nSPS) is 35.5. The summed E-state index contributed by atoms with van der Waals surface area (Å²) < 4.78 is 38.0. The smallest absolute Gasteiger partial charge is 0.282 e. The number of fused-ring (bicyclic) bond motifs is 5. The lowest BCUT2D eigenvalue weighted by Gasteiger charge is -2.56. The van der Waals surface area contributed by atoms with Gasteiger partial charge in [-0.2, -0.15) is 0 Å². The average molecular weight is 494 g/mol. The minimum atomic E-state index is -3.88. The van der Waals surface area contributed by atoms with Crippen LogP contribution in [-0.4, -0.2) is 22.6 Å². The molecule has 186 valence electrons. The highest BCUT2D eigenvalue weighted by atomic mass is 32.2. The summed E-state index contributed by atoms with van der Waals surface area (Å²) in [6.45, 7) is 12.6. The quantitative estimate of drug-likeness (QED) is 0.438. The first-order chi connectivity index (χ1) is 16.7. The zero-order valence-corrected chi connectivity index (χ0v) is 22.0. The van der Waals surface area contributed by atoms with Crippen molar-refractivity contribution in [1.82, 2.24) is 0 Å². The Kier molecular flexibility index (Phi) is 5.91. The Bertz CT molecular complexity index is 1270. The van der Waals surface area contributed by atoms with Crippen molar-refractivity contribution < 1.29 is 17.9 Å². The van der Waals surface area contributed by atoms with Gasteiger partial charge in [0.2, 0.25) is 9.84 Å². The lowest BCUT2D eigenvalue weighted by molar-refractivity contribution is -0.00837. The molecule has 4 aliphatic rings. The van der Waals surface area contributed by atoms with Crippen molar-refractivity contribution >= 4 is 9.84 Å². The molecule has 0 heterocycles. The second kappa shape index (κ2) is 8.55. The lowest BCUT2D eigenvalue weighted by atomic mass is 9.48. The maximum absolute atomic E-state index is 13.6. The molecule has 0 saturated heterocycles. The van der Waals surface area contributed by atoms with Crippen LogP contribution in [0.25, 0.3) is 4.85 Å². The van der Waals surface area contributed by atoms with Crippen molar-refractivity contribution in [2.45, 2.75) is 63.7 Å². The van der Waals surface area contributed by atoms with E-state index in [1.54, 1.807) is 38.5 Å². The summed E-state index contributed by atoms with van der Waals surface area (Å²) in [5.74, 6) is 3.18. The summed E-state index contributed by atoms with van der Waals surface area (Å²) in [5, 5.41) is -0.0466. The van der Waals surface area contributed by atoms with Crippen LogP contribution in [-0.2, 0) is 14.6 Å². The number of ether oxygens (including phenoxy) is 2. The van der Waals surface area contributed by atoms with Gasteiger partial charge in [-0.05, 0) is 109 Å². The monoisotopic (exact) mass is 493 g/mol. The molecule has 1 aromatic rings. The standard InChI is InChI=1S/C29H35NO4S/c1-28-16-14-21(34-5)18-19(28)6-11-23-24-12-13-26(29(24,2)17-15-25(23)28)27(30-3)35(31,32)22-9-7-20(33-4)8-10-22/h6-10,18,23-25H,11-17H2,1-2,4-5H3/t23-,24-,25-,28-,29-/m0/s1. The topological polar surface area (TPSA) is 57.0 Å². The third-order valence-electron chi connectivity index (χ3n) is 9.76. The highest BCUT2D eigenvalue weighted by Crippen LogP contribution is 2.66. The molecule has 0 spiro atoms. The molecule has 0 radical (unpaired) electrons. The van der Waals surface area contributed by atoms with Gasteiger partial charge in [-0.25, -0.2) is 13.3 Å². The maximum Gasteiger partial charge on any atom is 0.282 e. The van der Waals surface area contributed by atoms with Crippen LogP contribution in [0.4, 0.5) is 0 Å². The Morgan fingerprint density at radius 3 is 2.37 bits per heavy atom. The first kappa shape index (κ1) is 24.2. The molecule has 0 amide bonds. The van der Waals surface area contributed by atoms with Gasteiger partial charge in [0.1, 0.15) is 5.75 Å². The highest BCUT2D eigenvalue weighted by Gasteiger charge is 2.57. The summed E-state index contributed by atoms with van der Waals surface area (Å²) in [6.07, 6.45) is 11.4. The number of benzene rings is 1. The molecule has 35 heavy (non-hydrogen) atoms. The predicted molar refractivity (Wildman–Crippen MR) is 136 cm³/mol. The van der Waals surface area contributed by atoms with Crippen LogP contribution >= 0.6 is 0 Å². The van der Waals surface area contributed by atoms with E-state index < -0.39 is 9.84 Å². The van der Waals surface area contributed by atoms with Crippen LogP contribution in [0.3, 0.4) is 0 Å². The van der Waals surface area contributed by atoms with E-state index in [1.807, 2.05) is 0 Å². The Balaban J connectivity index is 1.52. The Labute approximate surface area is 209 Å². The Morgan fingerprint density at radius 1 is 1.00 bits per heavy atom. The second-order valence-corrected chi connectivity index (χ2v) is 12.9. The van der Waals surface area contributed by atoms with E-state index >= 15 is 0 Å². The summed E-state index contributed by atoms with van der Waals surface area (Å²) in [7, 11) is -0.572. The van der Waals surface area contributed by atoms with Crippen molar-refractivity contribution in [1.29, 1.82) is 0 Å². The Hall–Kier alpha value is -2.52. The van der Waals surface area contributed by atoms with Gasteiger partial charge in [0.15, 0.2) is 0 Å². The molecular weight excluding hydrogens is 458 g/mol. The van der Waals surface area contributed by atoms with E-state index in [2.05, 4.69) is 30.8 Å². The molecule has 0 bridgehead atoms. The molecule has 0 unspecified atom stereocenters. The molecule has 1 aromatic carbocycles.